The molecule has 1 N–H and O–H groups in total. The summed E-state index contributed by atoms with van der Waals surface area (Å²) in [5, 5.41) is 11.1. The zero-order chi connectivity index (χ0) is 23.5. The van der Waals surface area contributed by atoms with Crippen molar-refractivity contribution in [3.05, 3.63) is 75.9 Å². The maximum atomic E-state index is 13.6. The number of hydrogen-bond acceptors (Lipinski definition) is 4. The lowest BCUT2D eigenvalue weighted by Gasteiger charge is -2.15. The van der Waals surface area contributed by atoms with Crippen molar-refractivity contribution in [3.8, 4) is 17.2 Å². The first kappa shape index (κ1) is 20.9. The number of fused-ring (bicyclic) bond motifs is 4. The monoisotopic (exact) mass is 459 g/mol. The molecule has 0 saturated heterocycles. The fourth-order valence-electron chi connectivity index (χ4n) is 4.50. The van der Waals surface area contributed by atoms with Crippen LogP contribution in [-0.4, -0.2) is 18.0 Å². The van der Waals surface area contributed by atoms with Crippen LogP contribution in [0, 0.1) is 18.3 Å². The summed E-state index contributed by atoms with van der Waals surface area (Å²) in [6.07, 6.45) is 0. The molecule has 0 aliphatic rings. The van der Waals surface area contributed by atoms with Gasteiger partial charge in [0.15, 0.2) is 5.43 Å². The van der Waals surface area contributed by atoms with Gasteiger partial charge in [0.25, 0.3) is 0 Å². The zero-order valence-corrected chi connectivity index (χ0v) is 18.6. The van der Waals surface area contributed by atoms with Gasteiger partial charge in [0, 0.05) is 22.8 Å². The molecule has 0 saturated carbocycles. The molecular formula is C25H18FN3O3S. The van der Waals surface area contributed by atoms with Crippen molar-refractivity contribution < 1.29 is 12.3 Å². The third-order valence-corrected chi connectivity index (χ3v) is 6.84. The Hall–Kier alpha value is -3.96. The maximum Gasteiger partial charge on any atom is 0.332 e. The standard InChI is InChI=1S/C25H18FN3O3S/c1-3-29-22-12-19(16-5-4-6-17(11-16)33(26,31)32)14(2)9-20(22)24(30)23-18-8-7-15(13-27)10-21(18)28-25(23)29/h4-12,28H,3H2,1-2H3. The summed E-state index contributed by atoms with van der Waals surface area (Å²) in [6.45, 7) is 4.36. The fourth-order valence-corrected chi connectivity index (χ4v) is 5.01. The first-order chi connectivity index (χ1) is 15.7. The second-order valence-electron chi connectivity index (χ2n) is 7.94. The summed E-state index contributed by atoms with van der Waals surface area (Å²) < 4.78 is 38.4. The van der Waals surface area contributed by atoms with Gasteiger partial charge in [-0.25, -0.2) is 0 Å². The van der Waals surface area contributed by atoms with Gasteiger partial charge in [-0.15, -0.1) is 3.89 Å². The van der Waals surface area contributed by atoms with E-state index in [1.807, 2.05) is 24.5 Å². The van der Waals surface area contributed by atoms with E-state index in [4.69, 9.17) is 0 Å². The molecule has 0 fully saturated rings. The number of aromatic amines is 1. The van der Waals surface area contributed by atoms with E-state index < -0.39 is 15.1 Å². The number of nitrogens with zero attached hydrogens (tertiary/aromatic N) is 2. The highest BCUT2D eigenvalue weighted by Crippen LogP contribution is 2.32. The zero-order valence-electron chi connectivity index (χ0n) is 17.8. The lowest BCUT2D eigenvalue weighted by Crippen LogP contribution is -2.11. The summed E-state index contributed by atoms with van der Waals surface area (Å²) >= 11 is 0. The Morgan fingerprint density at radius 3 is 2.58 bits per heavy atom. The van der Waals surface area contributed by atoms with Crippen molar-refractivity contribution in [1.29, 1.82) is 5.26 Å². The van der Waals surface area contributed by atoms with E-state index in [9.17, 15) is 22.4 Å². The highest BCUT2D eigenvalue weighted by molar-refractivity contribution is 7.86. The summed E-state index contributed by atoms with van der Waals surface area (Å²) in [5.74, 6) is 0. The van der Waals surface area contributed by atoms with E-state index in [1.165, 1.54) is 18.2 Å². The number of hydrogen-bond donors (Lipinski definition) is 1. The molecule has 0 radical (unpaired) electrons. The number of aryl methyl sites for hydroxylation is 2. The van der Waals surface area contributed by atoms with Gasteiger partial charge in [0.2, 0.25) is 0 Å². The van der Waals surface area contributed by atoms with E-state index in [0.717, 1.165) is 10.9 Å². The summed E-state index contributed by atoms with van der Waals surface area (Å²) in [7, 11) is -4.84. The third kappa shape index (κ3) is 3.20. The van der Waals surface area contributed by atoms with Crippen LogP contribution < -0.4 is 5.43 Å². The molecule has 2 heterocycles. The van der Waals surface area contributed by atoms with Gasteiger partial charge in [-0.1, -0.05) is 18.2 Å². The second-order valence-corrected chi connectivity index (χ2v) is 9.29. The topological polar surface area (TPSA) is 95.7 Å². The molecule has 0 aliphatic carbocycles. The minimum atomic E-state index is -4.84. The van der Waals surface area contributed by atoms with Crippen molar-refractivity contribution in [2.75, 3.05) is 0 Å². The van der Waals surface area contributed by atoms with Crippen LogP contribution in [0.25, 0.3) is 44.0 Å². The molecule has 0 aliphatic heterocycles. The van der Waals surface area contributed by atoms with Crippen LogP contribution >= 0.6 is 0 Å². The Bertz CT molecular complexity index is 1830. The van der Waals surface area contributed by atoms with Crippen molar-refractivity contribution in [2.45, 2.75) is 25.3 Å². The van der Waals surface area contributed by atoms with Gasteiger partial charge in [-0.05, 0) is 66.9 Å². The van der Waals surface area contributed by atoms with Gasteiger partial charge in [-0.2, -0.15) is 13.7 Å². The van der Waals surface area contributed by atoms with Crippen molar-refractivity contribution >= 4 is 43.1 Å². The van der Waals surface area contributed by atoms with Crippen LogP contribution in [0.15, 0.2) is 64.3 Å². The molecule has 3 aromatic carbocycles. The molecule has 6 nitrogen and oxygen atoms in total. The van der Waals surface area contributed by atoms with E-state index in [1.54, 1.807) is 30.3 Å². The van der Waals surface area contributed by atoms with Gasteiger partial charge >= 0.3 is 10.2 Å². The Morgan fingerprint density at radius 1 is 1.09 bits per heavy atom. The normalized spacial score (nSPS) is 11.9. The molecule has 0 spiro atoms. The number of benzene rings is 3. The Kier molecular flexibility index (Phi) is 4.62. The lowest BCUT2D eigenvalue weighted by molar-refractivity contribution is 0.552. The van der Waals surface area contributed by atoms with E-state index in [-0.39, 0.29) is 5.43 Å². The first-order valence-corrected chi connectivity index (χ1v) is 11.7. The highest BCUT2D eigenvalue weighted by Gasteiger charge is 2.18. The number of halogens is 1. The Morgan fingerprint density at radius 2 is 1.88 bits per heavy atom. The van der Waals surface area contributed by atoms with Crippen LogP contribution in [0.3, 0.4) is 0 Å². The van der Waals surface area contributed by atoms with Gasteiger partial charge in [0.1, 0.15) is 5.65 Å². The Balaban J connectivity index is 1.88. The second kappa shape index (κ2) is 7.29. The van der Waals surface area contributed by atoms with E-state index in [0.29, 0.717) is 50.7 Å². The van der Waals surface area contributed by atoms with Crippen molar-refractivity contribution in [2.24, 2.45) is 0 Å². The van der Waals surface area contributed by atoms with E-state index in [2.05, 4.69) is 11.1 Å². The highest BCUT2D eigenvalue weighted by atomic mass is 32.3. The molecule has 5 rings (SSSR count). The van der Waals surface area contributed by atoms with Crippen LogP contribution in [-0.2, 0) is 16.8 Å². The summed E-state index contributed by atoms with van der Waals surface area (Å²) in [5.41, 5.74) is 4.41. The Labute approximate surface area is 188 Å². The predicted octanol–water partition coefficient (Wildman–Crippen LogP) is 5.16. The van der Waals surface area contributed by atoms with Crippen molar-refractivity contribution in [3.63, 3.8) is 0 Å². The quantitative estimate of drug-likeness (QED) is 0.377. The SMILES string of the molecule is CCn1c2cc(-c3cccc(S(=O)(=O)F)c3)c(C)cc2c(=O)c2c3ccc(C#N)cc3[nH]c21. The molecule has 8 heteroatoms. The number of pyridine rings is 1. The van der Waals surface area contributed by atoms with Crippen LogP contribution in [0.5, 0.6) is 0 Å². The number of nitrogens with one attached hydrogen (secondary N) is 1. The molecule has 0 atom stereocenters. The first-order valence-electron chi connectivity index (χ1n) is 10.3. The molecule has 0 amide bonds. The predicted molar refractivity (Wildman–Crippen MR) is 126 cm³/mol. The van der Waals surface area contributed by atoms with Crippen LogP contribution in [0.4, 0.5) is 3.89 Å². The maximum absolute atomic E-state index is 13.6. The molecule has 0 unspecified atom stereocenters. The third-order valence-electron chi connectivity index (χ3n) is 6.03. The molecule has 164 valence electrons. The van der Waals surface area contributed by atoms with Crippen molar-refractivity contribution in [1.82, 2.24) is 9.55 Å². The number of rotatable bonds is 3. The van der Waals surface area contributed by atoms with Gasteiger partial charge in [0.05, 0.1) is 27.4 Å². The smallest absolute Gasteiger partial charge is 0.332 e. The average Bonchev–Trinajstić information content (AvgIpc) is 3.17. The number of nitriles is 1. The largest absolute Gasteiger partial charge is 0.340 e. The molecule has 0 bridgehead atoms. The molecule has 2 aromatic heterocycles. The average molecular weight is 460 g/mol. The molecular weight excluding hydrogens is 441 g/mol. The molecule has 5 aromatic rings. The van der Waals surface area contributed by atoms with E-state index >= 15 is 0 Å². The lowest BCUT2D eigenvalue weighted by atomic mass is 9.97. The number of H-pyrrole nitrogens is 1. The number of aromatic nitrogens is 2. The van der Waals surface area contributed by atoms with Gasteiger partial charge < -0.3 is 9.55 Å². The van der Waals surface area contributed by atoms with Gasteiger partial charge in [-0.3, -0.25) is 4.79 Å². The van der Waals surface area contributed by atoms with Crippen LogP contribution in [0.1, 0.15) is 18.1 Å². The minimum Gasteiger partial charge on any atom is -0.340 e. The van der Waals surface area contributed by atoms with Crippen LogP contribution in [0.2, 0.25) is 0 Å². The summed E-state index contributed by atoms with van der Waals surface area (Å²) in [6, 6.07) is 16.6. The fraction of sp³-hybridized carbons (Fsp3) is 0.120. The molecule has 33 heavy (non-hydrogen) atoms. The minimum absolute atomic E-state index is 0.129. The summed E-state index contributed by atoms with van der Waals surface area (Å²) in [4.78, 5) is 16.4.